The number of nitrogens with two attached hydrogens (primary N) is 1. The molecule has 2 unspecified atom stereocenters. The van der Waals surface area contributed by atoms with Gasteiger partial charge in [-0.2, -0.15) is 10.2 Å². The molecule has 0 saturated heterocycles. The molecule has 0 fully saturated rings. The van der Waals surface area contributed by atoms with Crippen LogP contribution in [-0.4, -0.2) is 25.5 Å². The third-order valence-corrected chi connectivity index (χ3v) is 4.66. The van der Waals surface area contributed by atoms with E-state index >= 15 is 0 Å². The molecule has 2 heterocycles. The third kappa shape index (κ3) is 2.77. The van der Waals surface area contributed by atoms with Gasteiger partial charge in [0.1, 0.15) is 17.4 Å². The zero-order valence-electron chi connectivity index (χ0n) is 15.0. The summed E-state index contributed by atoms with van der Waals surface area (Å²) in [6.07, 6.45) is 0. The Hall–Kier alpha value is -3.03. The lowest BCUT2D eigenvalue weighted by Gasteiger charge is -2.23. The molecule has 7 nitrogen and oxygen atoms in total. The number of carbonyl (C=O) groups excluding carboxylic acids is 1. The lowest BCUT2D eigenvalue weighted by Crippen LogP contribution is -2.39. The number of halogens is 1. The highest BCUT2D eigenvalue weighted by Gasteiger charge is 2.30. The van der Waals surface area contributed by atoms with E-state index in [0.29, 0.717) is 27.9 Å². The van der Waals surface area contributed by atoms with Crippen molar-refractivity contribution in [1.29, 1.82) is 0 Å². The molecule has 26 heavy (non-hydrogen) atoms. The van der Waals surface area contributed by atoms with E-state index in [2.05, 4.69) is 10.2 Å². The van der Waals surface area contributed by atoms with Gasteiger partial charge in [-0.3, -0.25) is 14.3 Å². The first-order valence-electron chi connectivity index (χ1n) is 8.20. The molecular weight excluding hydrogens is 337 g/mol. The summed E-state index contributed by atoms with van der Waals surface area (Å²) in [5, 5.41) is 9.25. The summed E-state index contributed by atoms with van der Waals surface area (Å²) in [5.41, 5.74) is 7.31. The largest absolute Gasteiger partial charge is 0.368 e. The van der Waals surface area contributed by atoms with E-state index in [1.165, 1.54) is 16.8 Å². The maximum atomic E-state index is 13.6. The minimum Gasteiger partial charge on any atom is -0.368 e. The molecule has 0 aliphatic carbocycles. The van der Waals surface area contributed by atoms with Gasteiger partial charge in [-0.25, -0.2) is 9.07 Å². The van der Waals surface area contributed by atoms with Crippen LogP contribution in [0.3, 0.4) is 0 Å². The van der Waals surface area contributed by atoms with Gasteiger partial charge in [0, 0.05) is 13.0 Å². The van der Waals surface area contributed by atoms with Crippen LogP contribution in [0.4, 0.5) is 4.39 Å². The van der Waals surface area contributed by atoms with Crippen LogP contribution in [0.5, 0.6) is 0 Å². The minimum atomic E-state index is -1.05. The van der Waals surface area contributed by atoms with Gasteiger partial charge in [-0.15, -0.1) is 0 Å². The van der Waals surface area contributed by atoms with Gasteiger partial charge in [0.25, 0.3) is 5.56 Å². The fraction of sp³-hybridized carbons (Fsp3) is 0.333. The van der Waals surface area contributed by atoms with Crippen LogP contribution in [0.15, 0.2) is 29.1 Å². The Morgan fingerprint density at radius 2 is 1.88 bits per heavy atom. The number of aromatic nitrogens is 4. The SMILES string of the molecule is Cc1nn(C(C(N)=O)C(C)c2cccc(F)c2)c(=O)c2c1c(C)nn2C. The number of fused-ring (bicyclic) bond motifs is 1. The van der Waals surface area contributed by atoms with Crippen molar-refractivity contribution in [2.45, 2.75) is 32.7 Å². The maximum Gasteiger partial charge on any atom is 0.293 e. The quantitative estimate of drug-likeness (QED) is 0.769. The van der Waals surface area contributed by atoms with E-state index in [-0.39, 0.29) is 0 Å². The van der Waals surface area contributed by atoms with Crippen molar-refractivity contribution in [2.75, 3.05) is 0 Å². The number of hydrogen-bond donors (Lipinski definition) is 1. The Morgan fingerprint density at radius 1 is 1.23 bits per heavy atom. The van der Waals surface area contributed by atoms with E-state index < -0.39 is 29.2 Å². The minimum absolute atomic E-state index is 0.354. The van der Waals surface area contributed by atoms with Gasteiger partial charge in [0.2, 0.25) is 5.91 Å². The fourth-order valence-corrected chi connectivity index (χ4v) is 3.44. The summed E-state index contributed by atoms with van der Waals surface area (Å²) in [4.78, 5) is 25.2. The molecule has 136 valence electrons. The number of amides is 1. The lowest BCUT2D eigenvalue weighted by atomic mass is 9.92. The average molecular weight is 357 g/mol. The van der Waals surface area contributed by atoms with E-state index in [1.807, 2.05) is 0 Å². The number of rotatable bonds is 4. The molecule has 3 rings (SSSR count). The molecule has 1 aromatic carbocycles. The molecule has 2 atom stereocenters. The summed E-state index contributed by atoms with van der Waals surface area (Å²) in [6.45, 7) is 5.26. The standard InChI is InChI=1S/C18H20FN5O2/c1-9(12-6-5-7-13(19)8-12)15(17(20)25)24-18(26)16-14(11(3)22-24)10(2)21-23(16)4/h5-9,15H,1-4H3,(H2,20,25). The normalized spacial score (nSPS) is 13.7. The van der Waals surface area contributed by atoms with E-state index in [1.54, 1.807) is 40.0 Å². The number of aryl methyl sites for hydroxylation is 3. The second kappa shape index (κ2) is 6.36. The van der Waals surface area contributed by atoms with Crippen molar-refractivity contribution in [1.82, 2.24) is 19.6 Å². The first kappa shape index (κ1) is 17.8. The van der Waals surface area contributed by atoms with Crippen LogP contribution in [0.25, 0.3) is 10.9 Å². The van der Waals surface area contributed by atoms with Crippen LogP contribution in [0.2, 0.25) is 0 Å². The molecule has 0 saturated carbocycles. The Morgan fingerprint density at radius 3 is 2.50 bits per heavy atom. The number of carbonyl (C=O) groups is 1. The topological polar surface area (TPSA) is 95.8 Å². The smallest absolute Gasteiger partial charge is 0.293 e. The third-order valence-electron chi connectivity index (χ3n) is 4.66. The molecule has 3 aromatic rings. The van der Waals surface area contributed by atoms with Crippen molar-refractivity contribution < 1.29 is 9.18 Å². The molecule has 0 aliphatic rings. The highest BCUT2D eigenvalue weighted by Crippen LogP contribution is 2.28. The Kier molecular flexibility index (Phi) is 4.35. The number of hydrogen-bond acceptors (Lipinski definition) is 4. The molecule has 8 heteroatoms. The van der Waals surface area contributed by atoms with Crippen molar-refractivity contribution in [2.24, 2.45) is 12.8 Å². The molecule has 0 aliphatic heterocycles. The van der Waals surface area contributed by atoms with Gasteiger partial charge in [0.15, 0.2) is 0 Å². The van der Waals surface area contributed by atoms with Crippen molar-refractivity contribution in [3.8, 4) is 0 Å². The van der Waals surface area contributed by atoms with Gasteiger partial charge in [-0.1, -0.05) is 19.1 Å². The van der Waals surface area contributed by atoms with Crippen LogP contribution >= 0.6 is 0 Å². The molecule has 2 aromatic heterocycles. The lowest BCUT2D eigenvalue weighted by molar-refractivity contribution is -0.122. The van der Waals surface area contributed by atoms with Crippen LogP contribution in [0.1, 0.15) is 35.8 Å². The second-order valence-corrected chi connectivity index (χ2v) is 6.46. The maximum absolute atomic E-state index is 13.6. The molecule has 0 bridgehead atoms. The predicted molar refractivity (Wildman–Crippen MR) is 95.3 cm³/mol. The number of benzene rings is 1. The van der Waals surface area contributed by atoms with Crippen LogP contribution in [0, 0.1) is 19.7 Å². The van der Waals surface area contributed by atoms with Crippen LogP contribution < -0.4 is 11.3 Å². The highest BCUT2D eigenvalue weighted by molar-refractivity contribution is 5.84. The van der Waals surface area contributed by atoms with E-state index in [4.69, 9.17) is 5.73 Å². The predicted octanol–water partition coefficient (Wildman–Crippen LogP) is 1.72. The zero-order chi connectivity index (χ0) is 19.2. The van der Waals surface area contributed by atoms with Crippen molar-refractivity contribution in [3.05, 3.63) is 57.4 Å². The monoisotopic (exact) mass is 357 g/mol. The van der Waals surface area contributed by atoms with E-state index in [9.17, 15) is 14.0 Å². The molecule has 0 radical (unpaired) electrons. The Labute approximate surface area is 149 Å². The zero-order valence-corrected chi connectivity index (χ0v) is 15.0. The summed E-state index contributed by atoms with van der Waals surface area (Å²) in [5.74, 6) is -1.68. The number of primary amides is 1. The first-order chi connectivity index (χ1) is 12.2. The molecular formula is C18H20FN5O2. The summed E-state index contributed by atoms with van der Waals surface area (Å²) < 4.78 is 16.2. The summed E-state index contributed by atoms with van der Waals surface area (Å²) in [7, 11) is 1.66. The molecule has 1 amide bonds. The van der Waals surface area contributed by atoms with Gasteiger partial charge >= 0.3 is 0 Å². The van der Waals surface area contributed by atoms with Crippen LogP contribution in [-0.2, 0) is 11.8 Å². The van der Waals surface area contributed by atoms with E-state index in [0.717, 1.165) is 4.68 Å². The molecule has 0 spiro atoms. The highest BCUT2D eigenvalue weighted by atomic mass is 19.1. The second-order valence-electron chi connectivity index (χ2n) is 6.46. The Bertz CT molecular complexity index is 1070. The Balaban J connectivity index is 2.24. The summed E-state index contributed by atoms with van der Waals surface area (Å²) >= 11 is 0. The van der Waals surface area contributed by atoms with Crippen molar-refractivity contribution in [3.63, 3.8) is 0 Å². The average Bonchev–Trinajstić information content (AvgIpc) is 2.87. The van der Waals surface area contributed by atoms with Gasteiger partial charge < -0.3 is 5.73 Å². The van der Waals surface area contributed by atoms with Gasteiger partial charge in [0.05, 0.1) is 16.8 Å². The first-order valence-corrected chi connectivity index (χ1v) is 8.20. The van der Waals surface area contributed by atoms with Crippen molar-refractivity contribution >= 4 is 16.8 Å². The van der Waals surface area contributed by atoms with Gasteiger partial charge in [-0.05, 0) is 31.5 Å². The number of nitrogens with zero attached hydrogens (tertiary/aromatic N) is 4. The molecule has 2 N–H and O–H groups in total. The summed E-state index contributed by atoms with van der Waals surface area (Å²) in [6, 6.07) is 4.82. The fourth-order valence-electron chi connectivity index (χ4n) is 3.44.